The first-order chi connectivity index (χ1) is 10.8. The van der Waals surface area contributed by atoms with Crippen molar-refractivity contribution in [2.45, 2.75) is 4.90 Å². The molecule has 1 N–H and O–H groups in total. The van der Waals surface area contributed by atoms with Gasteiger partial charge in [-0.15, -0.1) is 0 Å². The van der Waals surface area contributed by atoms with E-state index in [-0.39, 0.29) is 10.5 Å². The molecule has 2 aromatic rings. The molecule has 6 nitrogen and oxygen atoms in total. The molecule has 0 unspecified atom stereocenters. The van der Waals surface area contributed by atoms with E-state index in [2.05, 4.69) is 5.32 Å². The Labute approximate surface area is 135 Å². The normalized spacial score (nSPS) is 10.9. The number of anilines is 1. The van der Waals surface area contributed by atoms with E-state index in [4.69, 9.17) is 9.47 Å². The minimum absolute atomic E-state index is 0.0859. The second kappa shape index (κ2) is 6.70. The monoisotopic (exact) mass is 335 g/mol. The minimum atomic E-state index is -3.38. The lowest BCUT2D eigenvalue weighted by Gasteiger charge is -2.12. The van der Waals surface area contributed by atoms with Crippen LogP contribution in [0.4, 0.5) is 5.69 Å². The third-order valence-corrected chi connectivity index (χ3v) is 4.29. The predicted octanol–water partition coefficient (Wildman–Crippen LogP) is 2.36. The number of rotatable bonds is 5. The van der Waals surface area contributed by atoms with E-state index >= 15 is 0 Å². The summed E-state index contributed by atoms with van der Waals surface area (Å²) in [5.74, 6) is 0.589. The number of sulfone groups is 1. The topological polar surface area (TPSA) is 81.7 Å². The summed E-state index contributed by atoms with van der Waals surface area (Å²) in [5, 5.41) is 2.69. The molecule has 0 saturated carbocycles. The highest BCUT2D eigenvalue weighted by Gasteiger charge is 2.14. The average Bonchev–Trinajstić information content (AvgIpc) is 2.54. The van der Waals surface area contributed by atoms with Crippen molar-refractivity contribution in [3.63, 3.8) is 0 Å². The summed E-state index contributed by atoms with van der Waals surface area (Å²) in [4.78, 5) is 12.4. The number of methoxy groups -OCH3 is 2. The van der Waals surface area contributed by atoms with Crippen molar-refractivity contribution in [1.82, 2.24) is 0 Å². The molecule has 0 saturated heterocycles. The smallest absolute Gasteiger partial charge is 0.255 e. The molecule has 0 atom stereocenters. The van der Waals surface area contributed by atoms with Gasteiger partial charge in [-0.2, -0.15) is 0 Å². The highest BCUT2D eigenvalue weighted by molar-refractivity contribution is 7.90. The zero-order chi connectivity index (χ0) is 17.0. The molecule has 0 radical (unpaired) electrons. The molecule has 0 aromatic heterocycles. The SMILES string of the molecule is COc1ccc(OC)c(NC(=O)c2cccc(S(C)(=O)=O)c2)c1. The van der Waals surface area contributed by atoms with Crippen LogP contribution < -0.4 is 14.8 Å². The molecule has 0 spiro atoms. The Morgan fingerprint density at radius 3 is 2.39 bits per heavy atom. The first-order valence-corrected chi connectivity index (χ1v) is 8.58. The van der Waals surface area contributed by atoms with Crippen molar-refractivity contribution in [2.24, 2.45) is 0 Å². The summed E-state index contributed by atoms with van der Waals surface area (Å²) in [6.07, 6.45) is 1.09. The molecule has 2 aromatic carbocycles. The largest absolute Gasteiger partial charge is 0.497 e. The second-order valence-corrected chi connectivity index (χ2v) is 6.84. The Bertz CT molecular complexity index is 830. The lowest BCUT2D eigenvalue weighted by Crippen LogP contribution is -2.13. The quantitative estimate of drug-likeness (QED) is 0.907. The average molecular weight is 335 g/mol. The fourth-order valence-electron chi connectivity index (χ4n) is 1.97. The van der Waals surface area contributed by atoms with E-state index in [0.717, 1.165) is 6.26 Å². The maximum absolute atomic E-state index is 12.4. The van der Waals surface area contributed by atoms with Crippen LogP contribution >= 0.6 is 0 Å². The number of carbonyl (C=O) groups is 1. The maximum atomic E-state index is 12.4. The molecule has 0 fully saturated rings. The van der Waals surface area contributed by atoms with Crippen LogP contribution in [0.25, 0.3) is 0 Å². The molecule has 23 heavy (non-hydrogen) atoms. The third-order valence-electron chi connectivity index (χ3n) is 3.18. The number of carbonyl (C=O) groups excluding carboxylic acids is 1. The summed E-state index contributed by atoms with van der Waals surface area (Å²) < 4.78 is 33.5. The van der Waals surface area contributed by atoms with E-state index in [1.54, 1.807) is 18.2 Å². The van der Waals surface area contributed by atoms with Crippen molar-refractivity contribution in [3.05, 3.63) is 48.0 Å². The van der Waals surface area contributed by atoms with Crippen molar-refractivity contribution in [2.75, 3.05) is 25.8 Å². The summed E-state index contributed by atoms with van der Waals surface area (Å²) in [7, 11) is -0.375. The van der Waals surface area contributed by atoms with Crippen LogP contribution in [-0.4, -0.2) is 34.8 Å². The molecule has 0 bridgehead atoms. The summed E-state index contributed by atoms with van der Waals surface area (Å²) >= 11 is 0. The van der Waals surface area contributed by atoms with Gasteiger partial charge >= 0.3 is 0 Å². The standard InChI is InChI=1S/C16H17NO5S/c1-21-12-7-8-15(22-2)14(10-12)17-16(18)11-5-4-6-13(9-11)23(3,19)20/h4-10H,1-3H3,(H,17,18). The van der Waals surface area contributed by atoms with E-state index in [1.165, 1.54) is 38.5 Å². The Balaban J connectivity index is 2.33. The number of hydrogen-bond donors (Lipinski definition) is 1. The predicted molar refractivity (Wildman–Crippen MR) is 87.1 cm³/mol. The molecule has 7 heteroatoms. The fourth-order valence-corrected chi connectivity index (χ4v) is 2.64. The number of nitrogens with one attached hydrogen (secondary N) is 1. The molecule has 0 aliphatic heterocycles. The molecular weight excluding hydrogens is 318 g/mol. The van der Waals surface area contributed by atoms with Gasteiger partial charge in [0.25, 0.3) is 5.91 Å². The zero-order valence-corrected chi connectivity index (χ0v) is 13.8. The summed E-state index contributed by atoms with van der Waals surface area (Å²) in [5.41, 5.74) is 0.666. The van der Waals surface area contributed by atoms with Gasteiger partial charge < -0.3 is 14.8 Å². The van der Waals surface area contributed by atoms with Gasteiger partial charge in [0.1, 0.15) is 11.5 Å². The van der Waals surface area contributed by atoms with Gasteiger partial charge in [0, 0.05) is 17.9 Å². The minimum Gasteiger partial charge on any atom is -0.497 e. The van der Waals surface area contributed by atoms with Crippen molar-refractivity contribution >= 4 is 21.4 Å². The van der Waals surface area contributed by atoms with Crippen LogP contribution in [0.1, 0.15) is 10.4 Å². The Morgan fingerprint density at radius 2 is 1.78 bits per heavy atom. The van der Waals surface area contributed by atoms with Crippen molar-refractivity contribution in [1.29, 1.82) is 0 Å². The molecule has 0 aliphatic rings. The van der Waals surface area contributed by atoms with Gasteiger partial charge in [0.15, 0.2) is 9.84 Å². The Hall–Kier alpha value is -2.54. The Morgan fingerprint density at radius 1 is 1.04 bits per heavy atom. The number of ether oxygens (including phenoxy) is 2. The van der Waals surface area contributed by atoms with Crippen LogP contribution in [0.3, 0.4) is 0 Å². The van der Waals surface area contributed by atoms with Gasteiger partial charge in [-0.25, -0.2) is 8.42 Å². The van der Waals surface area contributed by atoms with E-state index < -0.39 is 15.7 Å². The highest BCUT2D eigenvalue weighted by Crippen LogP contribution is 2.29. The molecule has 1 amide bonds. The first-order valence-electron chi connectivity index (χ1n) is 6.68. The lowest BCUT2D eigenvalue weighted by atomic mass is 10.2. The molecule has 0 aliphatic carbocycles. The maximum Gasteiger partial charge on any atom is 0.255 e. The fraction of sp³-hybridized carbons (Fsp3) is 0.188. The van der Waals surface area contributed by atoms with Gasteiger partial charge in [-0.05, 0) is 30.3 Å². The Kier molecular flexibility index (Phi) is 4.90. The first kappa shape index (κ1) is 16.8. The molecular formula is C16H17NO5S. The van der Waals surface area contributed by atoms with Gasteiger partial charge in [0.2, 0.25) is 0 Å². The van der Waals surface area contributed by atoms with Crippen molar-refractivity contribution in [3.8, 4) is 11.5 Å². The third kappa shape index (κ3) is 4.01. The number of benzene rings is 2. The van der Waals surface area contributed by atoms with Crippen molar-refractivity contribution < 1.29 is 22.7 Å². The van der Waals surface area contributed by atoms with Gasteiger partial charge in [-0.3, -0.25) is 4.79 Å². The van der Waals surface area contributed by atoms with E-state index in [1.807, 2.05) is 0 Å². The number of amides is 1. The zero-order valence-electron chi connectivity index (χ0n) is 13.0. The number of hydrogen-bond acceptors (Lipinski definition) is 5. The van der Waals surface area contributed by atoms with Crippen LogP contribution in [0, 0.1) is 0 Å². The van der Waals surface area contributed by atoms with Crippen LogP contribution in [0.2, 0.25) is 0 Å². The highest BCUT2D eigenvalue weighted by atomic mass is 32.2. The lowest BCUT2D eigenvalue weighted by molar-refractivity contribution is 0.102. The van der Waals surface area contributed by atoms with Crippen LogP contribution in [0.15, 0.2) is 47.4 Å². The second-order valence-electron chi connectivity index (χ2n) is 4.82. The molecule has 0 heterocycles. The van der Waals surface area contributed by atoms with Gasteiger partial charge in [0.05, 0.1) is 24.8 Å². The van der Waals surface area contributed by atoms with E-state index in [9.17, 15) is 13.2 Å². The van der Waals surface area contributed by atoms with Crippen LogP contribution in [-0.2, 0) is 9.84 Å². The summed E-state index contributed by atoms with van der Waals surface area (Å²) in [6, 6.07) is 10.8. The van der Waals surface area contributed by atoms with Gasteiger partial charge in [-0.1, -0.05) is 6.07 Å². The van der Waals surface area contributed by atoms with E-state index in [0.29, 0.717) is 17.2 Å². The summed E-state index contributed by atoms with van der Waals surface area (Å²) in [6.45, 7) is 0. The van der Waals surface area contributed by atoms with Crippen LogP contribution in [0.5, 0.6) is 11.5 Å². The molecule has 2 rings (SSSR count). The molecule has 122 valence electrons.